The quantitative estimate of drug-likeness (QED) is 0.556. The Labute approximate surface area is 165 Å². The van der Waals surface area contributed by atoms with Gasteiger partial charge in [0.05, 0.1) is 5.75 Å². The molecule has 2 rings (SSSR count). The maximum absolute atomic E-state index is 11.9. The molecule has 148 valence electrons. The summed E-state index contributed by atoms with van der Waals surface area (Å²) in [5, 5.41) is 11.5. The number of hydrogen-bond donors (Lipinski definition) is 2. The Bertz CT molecular complexity index is 796. The first kappa shape index (κ1) is 21.1. The SMILES string of the molecule is Cc1ccc(C(C)C)c(OCc2nnc(SCC(=O)NC(C)(C)C)n2N)c1. The maximum atomic E-state index is 11.9. The fourth-order valence-corrected chi connectivity index (χ4v) is 3.15. The molecule has 3 N–H and O–H groups in total. The Morgan fingerprint density at radius 3 is 2.67 bits per heavy atom. The van der Waals surface area contributed by atoms with Crippen LogP contribution >= 0.6 is 11.8 Å². The molecule has 0 aliphatic carbocycles. The van der Waals surface area contributed by atoms with Gasteiger partial charge in [0.1, 0.15) is 12.4 Å². The minimum absolute atomic E-state index is 0.0744. The van der Waals surface area contributed by atoms with Crippen molar-refractivity contribution in [2.45, 2.75) is 64.8 Å². The zero-order valence-corrected chi connectivity index (χ0v) is 17.7. The van der Waals surface area contributed by atoms with Crippen LogP contribution < -0.4 is 15.9 Å². The average Bonchev–Trinajstić information content (AvgIpc) is 2.89. The van der Waals surface area contributed by atoms with E-state index in [9.17, 15) is 4.79 Å². The van der Waals surface area contributed by atoms with Crippen LogP contribution in [-0.2, 0) is 11.4 Å². The van der Waals surface area contributed by atoms with Crippen LogP contribution in [0.15, 0.2) is 23.4 Å². The first-order valence-corrected chi connectivity index (χ1v) is 9.92. The van der Waals surface area contributed by atoms with E-state index in [0.717, 1.165) is 16.9 Å². The maximum Gasteiger partial charge on any atom is 0.230 e. The van der Waals surface area contributed by atoms with Crippen molar-refractivity contribution in [3.8, 4) is 5.75 Å². The first-order chi connectivity index (χ1) is 12.6. The molecule has 0 atom stereocenters. The van der Waals surface area contributed by atoms with Crippen LogP contribution in [0.5, 0.6) is 5.75 Å². The Morgan fingerprint density at radius 1 is 1.33 bits per heavy atom. The largest absolute Gasteiger partial charge is 0.485 e. The predicted octanol–water partition coefficient (Wildman–Crippen LogP) is 3.01. The second-order valence-corrected chi connectivity index (χ2v) is 8.78. The van der Waals surface area contributed by atoms with E-state index in [1.165, 1.54) is 16.4 Å². The van der Waals surface area contributed by atoms with E-state index in [1.807, 2.05) is 33.8 Å². The molecule has 27 heavy (non-hydrogen) atoms. The van der Waals surface area contributed by atoms with E-state index < -0.39 is 0 Å². The summed E-state index contributed by atoms with van der Waals surface area (Å²) in [5.41, 5.74) is 2.00. The van der Waals surface area contributed by atoms with Gasteiger partial charge in [-0.1, -0.05) is 37.7 Å². The minimum atomic E-state index is -0.269. The summed E-state index contributed by atoms with van der Waals surface area (Å²) < 4.78 is 7.33. The summed E-state index contributed by atoms with van der Waals surface area (Å²) in [6, 6.07) is 6.17. The van der Waals surface area contributed by atoms with Gasteiger partial charge in [-0.25, -0.2) is 4.68 Å². The van der Waals surface area contributed by atoms with Gasteiger partial charge in [-0.15, -0.1) is 10.2 Å². The van der Waals surface area contributed by atoms with Gasteiger partial charge < -0.3 is 15.9 Å². The lowest BCUT2D eigenvalue weighted by Crippen LogP contribution is -2.41. The van der Waals surface area contributed by atoms with Gasteiger partial charge in [-0.05, 0) is 50.8 Å². The van der Waals surface area contributed by atoms with E-state index in [1.54, 1.807) is 0 Å². The average molecular weight is 392 g/mol. The number of carbonyl (C=O) groups is 1. The van der Waals surface area contributed by atoms with Crippen molar-refractivity contribution >= 4 is 17.7 Å². The molecule has 0 fully saturated rings. The Balaban J connectivity index is 2.00. The molecule has 8 heteroatoms. The number of rotatable bonds is 7. The predicted molar refractivity (Wildman–Crippen MR) is 108 cm³/mol. The second-order valence-electron chi connectivity index (χ2n) is 7.84. The van der Waals surface area contributed by atoms with Gasteiger partial charge in [-0.2, -0.15) is 0 Å². The molecule has 1 heterocycles. The molecular formula is C19H29N5O2S. The number of ether oxygens (including phenoxy) is 1. The number of nitrogens with zero attached hydrogens (tertiary/aromatic N) is 3. The number of nitrogen functional groups attached to an aromatic ring is 1. The number of carbonyl (C=O) groups excluding carboxylic acids is 1. The smallest absolute Gasteiger partial charge is 0.230 e. The monoisotopic (exact) mass is 391 g/mol. The van der Waals surface area contributed by atoms with Gasteiger partial charge in [0.2, 0.25) is 11.1 Å². The van der Waals surface area contributed by atoms with Crippen LogP contribution in [0.2, 0.25) is 0 Å². The van der Waals surface area contributed by atoms with Crippen LogP contribution in [0, 0.1) is 6.92 Å². The normalized spacial score (nSPS) is 11.7. The molecule has 0 radical (unpaired) electrons. The molecule has 1 amide bonds. The van der Waals surface area contributed by atoms with Crippen molar-refractivity contribution in [3.05, 3.63) is 35.2 Å². The van der Waals surface area contributed by atoms with Crippen LogP contribution in [0.25, 0.3) is 0 Å². The van der Waals surface area contributed by atoms with E-state index >= 15 is 0 Å². The molecule has 0 aliphatic heterocycles. The molecule has 0 saturated heterocycles. The number of aryl methyl sites for hydroxylation is 1. The number of amides is 1. The fourth-order valence-electron chi connectivity index (χ4n) is 2.47. The molecule has 1 aromatic carbocycles. The molecule has 0 unspecified atom stereocenters. The third-order valence-corrected chi connectivity index (χ3v) is 4.67. The van der Waals surface area contributed by atoms with Crippen LogP contribution in [0.3, 0.4) is 0 Å². The zero-order chi connectivity index (χ0) is 20.2. The first-order valence-electron chi connectivity index (χ1n) is 8.93. The van der Waals surface area contributed by atoms with Crippen molar-refractivity contribution in [1.82, 2.24) is 20.2 Å². The van der Waals surface area contributed by atoms with Crippen molar-refractivity contribution < 1.29 is 9.53 Å². The molecule has 0 aliphatic rings. The number of nitrogens with one attached hydrogen (secondary N) is 1. The summed E-state index contributed by atoms with van der Waals surface area (Å²) in [7, 11) is 0. The summed E-state index contributed by atoms with van der Waals surface area (Å²) in [6.07, 6.45) is 0. The van der Waals surface area contributed by atoms with Crippen molar-refractivity contribution in [1.29, 1.82) is 0 Å². The highest BCUT2D eigenvalue weighted by molar-refractivity contribution is 7.99. The summed E-state index contributed by atoms with van der Waals surface area (Å²) in [4.78, 5) is 11.9. The lowest BCUT2D eigenvalue weighted by atomic mass is 10.0. The van der Waals surface area contributed by atoms with Gasteiger partial charge in [0.15, 0.2) is 5.82 Å². The number of thioether (sulfide) groups is 1. The van der Waals surface area contributed by atoms with E-state index in [-0.39, 0.29) is 23.8 Å². The molecule has 7 nitrogen and oxygen atoms in total. The third-order valence-electron chi connectivity index (χ3n) is 3.73. The van der Waals surface area contributed by atoms with E-state index in [2.05, 4.69) is 41.5 Å². The molecule has 0 saturated carbocycles. The molecular weight excluding hydrogens is 362 g/mol. The lowest BCUT2D eigenvalue weighted by molar-refractivity contribution is -0.119. The molecule has 1 aromatic heterocycles. The fraction of sp³-hybridized carbons (Fsp3) is 0.526. The van der Waals surface area contributed by atoms with Crippen LogP contribution in [0.1, 0.15) is 57.5 Å². The standard InChI is InChI=1S/C19H29N5O2S/c1-12(2)14-8-7-13(3)9-15(14)26-10-16-22-23-18(24(16)20)27-11-17(25)21-19(4,5)6/h7-9,12H,10-11,20H2,1-6H3,(H,21,25). The summed E-state index contributed by atoms with van der Waals surface area (Å²) >= 11 is 1.25. The zero-order valence-electron chi connectivity index (χ0n) is 16.9. The van der Waals surface area contributed by atoms with Crippen LogP contribution in [0.4, 0.5) is 0 Å². The van der Waals surface area contributed by atoms with Crippen molar-refractivity contribution in [3.63, 3.8) is 0 Å². The molecule has 0 bridgehead atoms. The number of aromatic nitrogens is 3. The highest BCUT2D eigenvalue weighted by Crippen LogP contribution is 2.28. The van der Waals surface area contributed by atoms with Crippen molar-refractivity contribution in [2.24, 2.45) is 0 Å². The summed E-state index contributed by atoms with van der Waals surface area (Å²) in [5.74, 6) is 7.90. The Hall–Kier alpha value is -2.22. The van der Waals surface area contributed by atoms with Crippen LogP contribution in [-0.4, -0.2) is 32.1 Å². The highest BCUT2D eigenvalue weighted by atomic mass is 32.2. The van der Waals surface area contributed by atoms with Gasteiger partial charge in [0.25, 0.3) is 0 Å². The Kier molecular flexibility index (Phi) is 6.75. The number of hydrogen-bond acceptors (Lipinski definition) is 6. The Morgan fingerprint density at radius 2 is 2.04 bits per heavy atom. The molecule has 2 aromatic rings. The van der Waals surface area contributed by atoms with Crippen molar-refractivity contribution in [2.75, 3.05) is 11.6 Å². The second kappa shape index (κ2) is 8.65. The topological polar surface area (TPSA) is 95.1 Å². The van der Waals surface area contributed by atoms with Gasteiger partial charge in [0, 0.05) is 5.54 Å². The number of nitrogens with two attached hydrogens (primary N) is 1. The minimum Gasteiger partial charge on any atom is -0.485 e. The third kappa shape index (κ3) is 6.16. The summed E-state index contributed by atoms with van der Waals surface area (Å²) in [6.45, 7) is 12.3. The van der Waals surface area contributed by atoms with Gasteiger partial charge >= 0.3 is 0 Å². The van der Waals surface area contributed by atoms with Gasteiger partial charge in [-0.3, -0.25) is 4.79 Å². The number of benzene rings is 1. The van der Waals surface area contributed by atoms with E-state index in [4.69, 9.17) is 10.6 Å². The molecule has 0 spiro atoms. The lowest BCUT2D eigenvalue weighted by Gasteiger charge is -2.20. The van der Waals surface area contributed by atoms with E-state index in [0.29, 0.717) is 16.9 Å². The highest BCUT2D eigenvalue weighted by Gasteiger charge is 2.17.